The van der Waals surface area contributed by atoms with Gasteiger partial charge in [-0.1, -0.05) is 58.0 Å². The predicted octanol–water partition coefficient (Wildman–Crippen LogP) is 3.87. The molecule has 0 fully saturated rings. The third-order valence-electron chi connectivity index (χ3n) is 6.08. The fraction of sp³-hybridized carbons (Fsp3) is 0.654. The van der Waals surface area contributed by atoms with Crippen molar-refractivity contribution in [3.63, 3.8) is 0 Å². The monoisotopic (exact) mass is 526 g/mol. The highest BCUT2D eigenvalue weighted by Crippen LogP contribution is 2.59. The fourth-order valence-electron chi connectivity index (χ4n) is 4.11. The standard InChI is InChI=1S/C26H43N2O7P/c1-19(2)17-26(25(31)32,28(5)23(29)15-9-13-21-11-7-6-8-12-21)36(33,34)16-10-14-22(27)24(30)35-18-20(3)4/h6-8,11-12,19-20,22H,9-10,13-18,27H2,1-5H3,(H,31,32)(H,33,34)/t22?,26-/m1/s1. The van der Waals surface area contributed by atoms with Gasteiger partial charge in [0.25, 0.3) is 0 Å². The summed E-state index contributed by atoms with van der Waals surface area (Å²) in [5.74, 6) is -2.74. The van der Waals surface area contributed by atoms with Gasteiger partial charge in [-0.2, -0.15) is 0 Å². The van der Waals surface area contributed by atoms with E-state index in [0.717, 1.165) is 10.5 Å². The number of rotatable bonds is 16. The minimum Gasteiger partial charge on any atom is -0.479 e. The van der Waals surface area contributed by atoms with Crippen molar-refractivity contribution in [1.82, 2.24) is 4.90 Å². The number of carbonyl (C=O) groups is 3. The normalized spacial score (nSPS) is 15.7. The Bertz CT molecular complexity index is 907. The van der Waals surface area contributed by atoms with Gasteiger partial charge in [-0.3, -0.25) is 14.2 Å². The number of amides is 1. The number of hydrogen-bond acceptors (Lipinski definition) is 6. The molecule has 0 aliphatic rings. The molecule has 1 aromatic rings. The summed E-state index contributed by atoms with van der Waals surface area (Å²) in [5, 5.41) is 7.95. The number of aryl methyl sites for hydroxylation is 1. The molecule has 36 heavy (non-hydrogen) atoms. The molecule has 0 saturated carbocycles. The maximum Gasteiger partial charge on any atom is 0.339 e. The first-order chi connectivity index (χ1) is 16.7. The Hall–Kier alpha value is -2.22. The van der Waals surface area contributed by atoms with Gasteiger partial charge in [-0.05, 0) is 49.5 Å². The van der Waals surface area contributed by atoms with E-state index in [1.807, 2.05) is 44.2 Å². The van der Waals surface area contributed by atoms with Crippen LogP contribution in [0.5, 0.6) is 0 Å². The lowest BCUT2D eigenvalue weighted by atomic mass is 10.0. The van der Waals surface area contributed by atoms with Gasteiger partial charge < -0.3 is 25.4 Å². The first kappa shape index (κ1) is 31.8. The SMILES string of the molecule is CC(C)COC(=O)C(N)CCCP(=O)(O)[C@](CC(C)C)(C(=O)O)N(C)C(=O)CCCc1ccccc1. The quantitative estimate of drug-likeness (QED) is 0.217. The number of hydrogen-bond donors (Lipinski definition) is 3. The van der Waals surface area contributed by atoms with E-state index in [9.17, 15) is 28.9 Å². The van der Waals surface area contributed by atoms with Gasteiger partial charge in [0.05, 0.1) is 6.61 Å². The zero-order valence-electron chi connectivity index (χ0n) is 22.2. The number of esters is 1. The molecule has 4 N–H and O–H groups in total. The molecule has 0 aromatic heterocycles. The molecule has 0 heterocycles. The number of ether oxygens (including phenoxy) is 1. The second-order valence-corrected chi connectivity index (χ2v) is 12.8. The van der Waals surface area contributed by atoms with Crippen LogP contribution in [0.2, 0.25) is 0 Å². The summed E-state index contributed by atoms with van der Waals surface area (Å²) in [6.07, 6.45) is 0.686. The Morgan fingerprint density at radius 2 is 1.69 bits per heavy atom. The number of nitrogens with two attached hydrogens (primary N) is 1. The average Bonchev–Trinajstić information content (AvgIpc) is 2.80. The van der Waals surface area contributed by atoms with E-state index in [0.29, 0.717) is 12.8 Å². The summed E-state index contributed by atoms with van der Waals surface area (Å²) < 4.78 is 18.7. The van der Waals surface area contributed by atoms with Crippen LogP contribution in [-0.2, 0) is 30.1 Å². The van der Waals surface area contributed by atoms with Crippen LogP contribution in [0.1, 0.15) is 65.4 Å². The summed E-state index contributed by atoms with van der Waals surface area (Å²) in [6, 6.07) is 8.61. The second-order valence-electron chi connectivity index (χ2n) is 10.2. The van der Waals surface area contributed by atoms with Gasteiger partial charge in [0.2, 0.25) is 18.6 Å². The first-order valence-electron chi connectivity index (χ1n) is 12.5. The average molecular weight is 527 g/mol. The smallest absolute Gasteiger partial charge is 0.339 e. The van der Waals surface area contributed by atoms with E-state index in [4.69, 9.17) is 10.5 Å². The van der Waals surface area contributed by atoms with Gasteiger partial charge >= 0.3 is 11.9 Å². The third-order valence-corrected chi connectivity index (χ3v) is 8.83. The summed E-state index contributed by atoms with van der Waals surface area (Å²) in [6.45, 7) is 7.48. The van der Waals surface area contributed by atoms with Crippen molar-refractivity contribution in [3.05, 3.63) is 35.9 Å². The maximum atomic E-state index is 13.6. The highest BCUT2D eigenvalue weighted by molar-refractivity contribution is 7.60. The van der Waals surface area contributed by atoms with Crippen LogP contribution < -0.4 is 5.73 Å². The Morgan fingerprint density at radius 3 is 2.22 bits per heavy atom. The highest BCUT2D eigenvalue weighted by atomic mass is 31.2. The van der Waals surface area contributed by atoms with Crippen molar-refractivity contribution in [2.24, 2.45) is 17.6 Å². The topological polar surface area (TPSA) is 147 Å². The number of carboxylic acids is 1. The van der Waals surface area contributed by atoms with Gasteiger partial charge in [-0.15, -0.1) is 0 Å². The molecule has 0 spiro atoms. The maximum absolute atomic E-state index is 13.6. The van der Waals surface area contributed by atoms with Crippen LogP contribution in [0.4, 0.5) is 0 Å². The zero-order valence-corrected chi connectivity index (χ0v) is 23.1. The van der Waals surface area contributed by atoms with E-state index in [2.05, 4.69) is 0 Å². The van der Waals surface area contributed by atoms with E-state index in [-0.39, 0.29) is 44.1 Å². The number of aliphatic carboxylic acids is 1. The lowest BCUT2D eigenvalue weighted by Crippen LogP contribution is -2.56. The van der Waals surface area contributed by atoms with Crippen LogP contribution in [-0.4, -0.2) is 63.9 Å². The minimum absolute atomic E-state index is 0.0366. The van der Waals surface area contributed by atoms with Crippen LogP contribution in [0.25, 0.3) is 0 Å². The zero-order chi connectivity index (χ0) is 27.5. The fourth-order valence-corrected chi connectivity index (χ4v) is 6.62. The molecule has 10 heteroatoms. The second kappa shape index (κ2) is 14.5. The van der Waals surface area contributed by atoms with Crippen molar-refractivity contribution >= 4 is 25.2 Å². The van der Waals surface area contributed by atoms with Gasteiger partial charge in [-0.25, -0.2) is 4.79 Å². The molecule has 0 radical (unpaired) electrons. The van der Waals surface area contributed by atoms with E-state index in [1.165, 1.54) is 7.05 Å². The molecular weight excluding hydrogens is 483 g/mol. The molecule has 3 atom stereocenters. The van der Waals surface area contributed by atoms with Crippen LogP contribution in [0.15, 0.2) is 30.3 Å². The lowest BCUT2D eigenvalue weighted by Gasteiger charge is -2.42. The highest BCUT2D eigenvalue weighted by Gasteiger charge is 2.58. The molecule has 0 aliphatic carbocycles. The molecule has 0 aliphatic heterocycles. The van der Waals surface area contributed by atoms with Crippen molar-refractivity contribution in [2.45, 2.75) is 77.5 Å². The molecule has 2 unspecified atom stereocenters. The molecule has 0 saturated heterocycles. The van der Waals surface area contributed by atoms with Gasteiger partial charge in [0.1, 0.15) is 6.04 Å². The van der Waals surface area contributed by atoms with Crippen LogP contribution in [0, 0.1) is 11.8 Å². The van der Waals surface area contributed by atoms with Crippen LogP contribution in [0.3, 0.4) is 0 Å². The third kappa shape index (κ3) is 9.02. The first-order valence-corrected chi connectivity index (χ1v) is 14.4. The molecule has 9 nitrogen and oxygen atoms in total. The number of carbonyl (C=O) groups excluding carboxylic acids is 2. The van der Waals surface area contributed by atoms with E-state index < -0.39 is 42.7 Å². The summed E-state index contributed by atoms with van der Waals surface area (Å²) in [7, 11) is -3.17. The van der Waals surface area contributed by atoms with E-state index in [1.54, 1.807) is 13.8 Å². The van der Waals surface area contributed by atoms with Crippen molar-refractivity contribution in [1.29, 1.82) is 0 Å². The summed E-state index contributed by atoms with van der Waals surface area (Å²) >= 11 is 0. The molecule has 0 bridgehead atoms. The lowest BCUT2D eigenvalue weighted by molar-refractivity contribution is -0.153. The number of nitrogens with zero attached hydrogens (tertiary/aromatic N) is 1. The van der Waals surface area contributed by atoms with Crippen molar-refractivity contribution < 1.29 is 33.7 Å². The molecule has 204 valence electrons. The Morgan fingerprint density at radius 1 is 1.08 bits per heavy atom. The largest absolute Gasteiger partial charge is 0.479 e. The van der Waals surface area contributed by atoms with Gasteiger partial charge in [0, 0.05) is 19.6 Å². The molecular formula is C26H43N2O7P. The molecule has 1 amide bonds. The predicted molar refractivity (Wildman–Crippen MR) is 140 cm³/mol. The molecule has 1 rings (SSSR count). The van der Waals surface area contributed by atoms with Crippen molar-refractivity contribution in [2.75, 3.05) is 19.8 Å². The number of likely N-dealkylation sites (N-methyl/N-ethyl adjacent to an activating group) is 1. The van der Waals surface area contributed by atoms with Crippen molar-refractivity contribution in [3.8, 4) is 0 Å². The summed E-state index contributed by atoms with van der Waals surface area (Å²) in [5.41, 5.74) is 6.92. The Labute approximate surface area is 214 Å². The van der Waals surface area contributed by atoms with E-state index >= 15 is 0 Å². The number of benzene rings is 1. The van der Waals surface area contributed by atoms with Gasteiger partial charge in [0.15, 0.2) is 0 Å². The number of carboxylic acid groups (broad SMARTS) is 1. The summed E-state index contributed by atoms with van der Waals surface area (Å²) in [4.78, 5) is 49.7. The van der Waals surface area contributed by atoms with Crippen LogP contribution >= 0.6 is 7.37 Å². The Balaban J connectivity index is 2.97. The molecule has 1 aromatic carbocycles. The Kier molecular flexibility index (Phi) is 12.8. The minimum atomic E-state index is -4.46.